The molecule has 2 rings (SSSR count). The second-order valence-corrected chi connectivity index (χ2v) is 4.67. The second-order valence-electron chi connectivity index (χ2n) is 4.67. The first-order valence-corrected chi connectivity index (χ1v) is 6.51. The van der Waals surface area contributed by atoms with E-state index in [0.29, 0.717) is 6.04 Å². The number of nitrogens with zero attached hydrogens (tertiary/aromatic N) is 1. The van der Waals surface area contributed by atoms with E-state index in [4.69, 9.17) is 4.74 Å². The summed E-state index contributed by atoms with van der Waals surface area (Å²) in [6, 6.07) is 8.07. The van der Waals surface area contributed by atoms with Crippen molar-refractivity contribution in [2.75, 3.05) is 27.2 Å². The van der Waals surface area contributed by atoms with Gasteiger partial charge in [-0.1, -0.05) is 12.1 Å². The van der Waals surface area contributed by atoms with Gasteiger partial charge in [-0.2, -0.15) is 0 Å². The van der Waals surface area contributed by atoms with Gasteiger partial charge in [-0.15, -0.1) is 0 Å². The fourth-order valence-electron chi connectivity index (χ4n) is 2.18. The summed E-state index contributed by atoms with van der Waals surface area (Å²) in [4.78, 5) is 13.9. The minimum atomic E-state index is 0.0774. The van der Waals surface area contributed by atoms with Crippen LogP contribution in [0.5, 0.6) is 5.75 Å². The summed E-state index contributed by atoms with van der Waals surface area (Å²) in [5, 5.41) is 3.20. The third-order valence-corrected chi connectivity index (χ3v) is 3.44. The van der Waals surface area contributed by atoms with E-state index in [0.717, 1.165) is 30.8 Å². The largest absolute Gasteiger partial charge is 0.497 e. The smallest absolute Gasteiger partial charge is 0.246 e. The SMILES string of the molecule is CNC1CCN(C(=O)/C=C/c2ccc(OC)cc2)C1. The molecule has 0 aliphatic carbocycles. The van der Waals surface area contributed by atoms with Crippen molar-refractivity contribution >= 4 is 12.0 Å². The Labute approximate surface area is 114 Å². The first kappa shape index (κ1) is 13.6. The van der Waals surface area contributed by atoms with E-state index >= 15 is 0 Å². The predicted molar refractivity (Wildman–Crippen MR) is 76.1 cm³/mol. The molecule has 0 bridgehead atoms. The molecule has 4 heteroatoms. The molecule has 4 nitrogen and oxygen atoms in total. The van der Waals surface area contributed by atoms with E-state index in [1.165, 1.54) is 0 Å². The summed E-state index contributed by atoms with van der Waals surface area (Å²) < 4.78 is 5.09. The number of hydrogen-bond acceptors (Lipinski definition) is 3. The molecule has 1 unspecified atom stereocenters. The number of carbonyl (C=O) groups excluding carboxylic acids is 1. The number of carbonyl (C=O) groups is 1. The van der Waals surface area contributed by atoms with Gasteiger partial charge < -0.3 is 15.0 Å². The Morgan fingerprint density at radius 1 is 1.42 bits per heavy atom. The number of likely N-dealkylation sites (N-methyl/N-ethyl adjacent to an activating group) is 1. The Kier molecular flexibility index (Phi) is 4.58. The Morgan fingerprint density at radius 3 is 2.74 bits per heavy atom. The van der Waals surface area contributed by atoms with Gasteiger partial charge in [0.2, 0.25) is 5.91 Å². The summed E-state index contributed by atoms with van der Waals surface area (Å²) >= 11 is 0. The normalized spacial score (nSPS) is 19.1. The van der Waals surface area contributed by atoms with Gasteiger partial charge in [0, 0.05) is 25.2 Å². The van der Waals surface area contributed by atoms with Crippen molar-refractivity contribution in [2.24, 2.45) is 0 Å². The molecule has 1 atom stereocenters. The van der Waals surface area contributed by atoms with Crippen LogP contribution in [0.4, 0.5) is 0 Å². The average molecular weight is 260 g/mol. The van der Waals surface area contributed by atoms with Crippen molar-refractivity contribution < 1.29 is 9.53 Å². The van der Waals surface area contributed by atoms with Crippen molar-refractivity contribution in [3.63, 3.8) is 0 Å². The highest BCUT2D eigenvalue weighted by molar-refractivity contribution is 5.92. The summed E-state index contributed by atoms with van der Waals surface area (Å²) in [5.74, 6) is 0.897. The molecule has 1 saturated heterocycles. The van der Waals surface area contributed by atoms with Crippen molar-refractivity contribution in [3.05, 3.63) is 35.9 Å². The van der Waals surface area contributed by atoms with E-state index in [1.807, 2.05) is 42.3 Å². The minimum Gasteiger partial charge on any atom is -0.497 e. The van der Waals surface area contributed by atoms with Crippen LogP contribution in [-0.2, 0) is 4.79 Å². The van der Waals surface area contributed by atoms with Crippen LogP contribution in [-0.4, -0.2) is 44.1 Å². The standard InChI is InChI=1S/C15H20N2O2/c1-16-13-9-10-17(11-13)15(18)8-5-12-3-6-14(19-2)7-4-12/h3-8,13,16H,9-11H2,1-2H3/b8-5+. The number of methoxy groups -OCH3 is 1. The van der Waals surface area contributed by atoms with Gasteiger partial charge in [0.25, 0.3) is 0 Å². The molecule has 0 saturated carbocycles. The van der Waals surface area contributed by atoms with Gasteiger partial charge in [0.1, 0.15) is 5.75 Å². The number of hydrogen-bond donors (Lipinski definition) is 1. The van der Waals surface area contributed by atoms with Gasteiger partial charge in [-0.05, 0) is 37.2 Å². The molecule has 1 aliphatic heterocycles. The molecule has 1 fully saturated rings. The molecule has 1 aromatic carbocycles. The van der Waals surface area contributed by atoms with Gasteiger partial charge in [-0.3, -0.25) is 4.79 Å². The first-order chi connectivity index (χ1) is 9.22. The molecule has 0 spiro atoms. The lowest BCUT2D eigenvalue weighted by molar-refractivity contribution is -0.125. The zero-order chi connectivity index (χ0) is 13.7. The Balaban J connectivity index is 1.92. The van der Waals surface area contributed by atoms with Crippen LogP contribution in [0.2, 0.25) is 0 Å². The Hall–Kier alpha value is -1.81. The number of likely N-dealkylation sites (tertiary alicyclic amines) is 1. The number of amides is 1. The molecule has 0 radical (unpaired) electrons. The van der Waals surface area contributed by atoms with Crippen LogP contribution in [0.15, 0.2) is 30.3 Å². The molecular formula is C15H20N2O2. The number of nitrogens with one attached hydrogen (secondary N) is 1. The van der Waals surface area contributed by atoms with Gasteiger partial charge in [0.15, 0.2) is 0 Å². The summed E-state index contributed by atoms with van der Waals surface area (Å²) in [6.07, 6.45) is 4.51. The molecule has 19 heavy (non-hydrogen) atoms. The van der Waals surface area contributed by atoms with E-state index < -0.39 is 0 Å². The molecular weight excluding hydrogens is 240 g/mol. The molecule has 1 aromatic rings. The molecule has 1 heterocycles. The molecule has 102 valence electrons. The lowest BCUT2D eigenvalue weighted by Gasteiger charge is -2.13. The maximum atomic E-state index is 12.0. The molecule has 1 amide bonds. The zero-order valence-corrected chi connectivity index (χ0v) is 11.4. The van der Waals surface area contributed by atoms with Crippen molar-refractivity contribution in [1.82, 2.24) is 10.2 Å². The third kappa shape index (κ3) is 3.58. The maximum absolute atomic E-state index is 12.0. The highest BCUT2D eigenvalue weighted by atomic mass is 16.5. The van der Waals surface area contributed by atoms with Crippen LogP contribution in [0, 0.1) is 0 Å². The van der Waals surface area contributed by atoms with E-state index in [1.54, 1.807) is 13.2 Å². The van der Waals surface area contributed by atoms with E-state index in [-0.39, 0.29) is 5.91 Å². The van der Waals surface area contributed by atoms with Crippen molar-refractivity contribution in [1.29, 1.82) is 0 Å². The van der Waals surface area contributed by atoms with Gasteiger partial charge in [0.05, 0.1) is 7.11 Å². The first-order valence-electron chi connectivity index (χ1n) is 6.51. The Morgan fingerprint density at radius 2 is 2.16 bits per heavy atom. The maximum Gasteiger partial charge on any atom is 0.246 e. The monoisotopic (exact) mass is 260 g/mol. The van der Waals surface area contributed by atoms with E-state index in [9.17, 15) is 4.79 Å². The molecule has 1 aliphatic rings. The highest BCUT2D eigenvalue weighted by Crippen LogP contribution is 2.13. The Bertz CT molecular complexity index is 454. The fourth-order valence-corrected chi connectivity index (χ4v) is 2.18. The summed E-state index contributed by atoms with van der Waals surface area (Å²) in [7, 11) is 3.58. The second kappa shape index (κ2) is 6.38. The van der Waals surface area contributed by atoms with Gasteiger partial charge >= 0.3 is 0 Å². The molecule has 1 N–H and O–H groups in total. The van der Waals surface area contributed by atoms with Gasteiger partial charge in [-0.25, -0.2) is 0 Å². The number of benzene rings is 1. The van der Waals surface area contributed by atoms with Crippen LogP contribution in [0.1, 0.15) is 12.0 Å². The summed E-state index contributed by atoms with van der Waals surface area (Å²) in [6.45, 7) is 1.62. The fraction of sp³-hybridized carbons (Fsp3) is 0.400. The topological polar surface area (TPSA) is 41.6 Å². The minimum absolute atomic E-state index is 0.0774. The van der Waals surface area contributed by atoms with Crippen LogP contribution in [0.25, 0.3) is 6.08 Å². The quantitative estimate of drug-likeness (QED) is 0.835. The lowest BCUT2D eigenvalue weighted by Crippen LogP contribution is -2.32. The van der Waals surface area contributed by atoms with Crippen molar-refractivity contribution in [3.8, 4) is 5.75 Å². The number of rotatable bonds is 4. The highest BCUT2D eigenvalue weighted by Gasteiger charge is 2.23. The van der Waals surface area contributed by atoms with Crippen LogP contribution >= 0.6 is 0 Å². The van der Waals surface area contributed by atoms with Crippen LogP contribution < -0.4 is 10.1 Å². The lowest BCUT2D eigenvalue weighted by atomic mass is 10.2. The van der Waals surface area contributed by atoms with Crippen LogP contribution in [0.3, 0.4) is 0 Å². The molecule has 0 aromatic heterocycles. The zero-order valence-electron chi connectivity index (χ0n) is 11.4. The van der Waals surface area contributed by atoms with Crippen molar-refractivity contribution in [2.45, 2.75) is 12.5 Å². The van der Waals surface area contributed by atoms with E-state index in [2.05, 4.69) is 5.32 Å². The summed E-state index contributed by atoms with van der Waals surface area (Å²) in [5.41, 5.74) is 0.999. The average Bonchev–Trinajstić information content (AvgIpc) is 2.94. The number of ether oxygens (including phenoxy) is 1. The predicted octanol–water partition coefficient (Wildman–Crippen LogP) is 1.53. The third-order valence-electron chi connectivity index (χ3n) is 3.44.